The molecule has 0 N–H and O–H groups in total. The van der Waals surface area contributed by atoms with Gasteiger partial charge in [-0.1, -0.05) is 25.6 Å². The van der Waals surface area contributed by atoms with Gasteiger partial charge in [-0.3, -0.25) is 14.2 Å². The lowest BCUT2D eigenvalue weighted by atomic mass is 9.97. The molecule has 1 aliphatic carbocycles. The smallest absolute Gasteiger partial charge is 0.316 e. The number of ether oxygens (including phenoxy) is 1. The zero-order valence-corrected chi connectivity index (χ0v) is 19.1. The molecular formula is C21H30N2O3S2. The van der Waals surface area contributed by atoms with Crippen LogP contribution in [-0.4, -0.2) is 26.9 Å². The van der Waals surface area contributed by atoms with Gasteiger partial charge in [0, 0.05) is 11.4 Å². The van der Waals surface area contributed by atoms with E-state index in [0.717, 1.165) is 35.9 Å². The van der Waals surface area contributed by atoms with E-state index >= 15 is 0 Å². The lowest BCUT2D eigenvalue weighted by molar-refractivity contribution is -0.151. The Morgan fingerprint density at radius 3 is 2.68 bits per heavy atom. The van der Waals surface area contributed by atoms with Crippen molar-refractivity contribution in [3.8, 4) is 0 Å². The van der Waals surface area contributed by atoms with Gasteiger partial charge in [0.05, 0.1) is 11.1 Å². The van der Waals surface area contributed by atoms with Crippen LogP contribution in [0.2, 0.25) is 0 Å². The minimum atomic E-state index is -0.515. The van der Waals surface area contributed by atoms with Crippen LogP contribution in [0.25, 0.3) is 10.2 Å². The zero-order valence-electron chi connectivity index (χ0n) is 17.5. The van der Waals surface area contributed by atoms with Crippen molar-refractivity contribution in [1.82, 2.24) is 9.55 Å². The molecule has 0 saturated carbocycles. The number of aromatic nitrogens is 2. The Balaban J connectivity index is 1.96. The van der Waals surface area contributed by atoms with E-state index in [0.29, 0.717) is 17.6 Å². The Kier molecular flexibility index (Phi) is 6.54. The lowest BCUT2D eigenvalue weighted by Crippen LogP contribution is -2.27. The number of esters is 1. The quantitative estimate of drug-likeness (QED) is 0.379. The summed E-state index contributed by atoms with van der Waals surface area (Å²) in [6.45, 7) is 10.5. The molecule has 3 rings (SSSR count). The van der Waals surface area contributed by atoms with Crippen LogP contribution < -0.4 is 5.56 Å². The highest BCUT2D eigenvalue weighted by atomic mass is 32.2. The summed E-state index contributed by atoms with van der Waals surface area (Å²) < 4.78 is 7.19. The van der Waals surface area contributed by atoms with E-state index in [1.165, 1.54) is 28.6 Å². The molecule has 154 valence electrons. The molecule has 1 aliphatic rings. The zero-order chi connectivity index (χ0) is 20.5. The van der Waals surface area contributed by atoms with E-state index in [1.54, 1.807) is 15.9 Å². The number of rotatable bonds is 6. The van der Waals surface area contributed by atoms with Crippen LogP contribution in [-0.2, 0) is 28.9 Å². The number of fused-ring (bicyclic) bond motifs is 3. The average molecular weight is 423 g/mol. The van der Waals surface area contributed by atoms with Crippen molar-refractivity contribution in [3.05, 3.63) is 20.8 Å². The predicted octanol–water partition coefficient (Wildman–Crippen LogP) is 4.82. The number of carbonyl (C=O) groups excluding carboxylic acids is 1. The summed E-state index contributed by atoms with van der Waals surface area (Å²) in [6, 6.07) is 0. The van der Waals surface area contributed by atoms with Gasteiger partial charge in [0.25, 0.3) is 5.56 Å². The van der Waals surface area contributed by atoms with E-state index in [4.69, 9.17) is 9.72 Å². The Hall–Kier alpha value is -1.34. The third kappa shape index (κ3) is 4.98. The maximum absolute atomic E-state index is 13.4. The Bertz CT molecular complexity index is 922. The summed E-state index contributed by atoms with van der Waals surface area (Å²) in [5.74, 6) is 0.359. The second-order valence-electron chi connectivity index (χ2n) is 8.80. The molecule has 0 atom stereocenters. The third-order valence-electron chi connectivity index (χ3n) is 4.71. The molecule has 0 aromatic carbocycles. The summed E-state index contributed by atoms with van der Waals surface area (Å²) in [7, 11) is 0. The van der Waals surface area contributed by atoms with Crippen LogP contribution in [0.3, 0.4) is 0 Å². The van der Waals surface area contributed by atoms with Gasteiger partial charge in [-0.25, -0.2) is 4.98 Å². The summed E-state index contributed by atoms with van der Waals surface area (Å²) in [5.41, 5.74) is 0.751. The van der Waals surface area contributed by atoms with Gasteiger partial charge in [0.2, 0.25) is 0 Å². The molecule has 0 bridgehead atoms. The number of hydrogen-bond acceptors (Lipinski definition) is 6. The van der Waals surface area contributed by atoms with Crippen molar-refractivity contribution in [2.75, 3.05) is 5.75 Å². The molecule has 7 heteroatoms. The fourth-order valence-electron chi connectivity index (χ4n) is 3.41. The van der Waals surface area contributed by atoms with Crippen LogP contribution in [0, 0.1) is 5.92 Å². The molecule has 2 aromatic rings. The maximum Gasteiger partial charge on any atom is 0.316 e. The normalized spacial score (nSPS) is 14.5. The number of nitrogens with zero attached hydrogens (tertiary/aromatic N) is 2. The first-order chi connectivity index (χ1) is 13.2. The molecule has 2 heterocycles. The van der Waals surface area contributed by atoms with E-state index in [9.17, 15) is 9.59 Å². The summed E-state index contributed by atoms with van der Waals surface area (Å²) in [4.78, 5) is 32.5. The number of hydrogen-bond donors (Lipinski definition) is 0. The molecule has 0 amide bonds. The Morgan fingerprint density at radius 2 is 2.00 bits per heavy atom. The molecule has 0 radical (unpaired) electrons. The third-order valence-corrected chi connectivity index (χ3v) is 6.84. The van der Waals surface area contributed by atoms with Crippen molar-refractivity contribution in [2.45, 2.75) is 84.0 Å². The first-order valence-corrected chi connectivity index (χ1v) is 11.9. The Morgan fingerprint density at radius 1 is 1.29 bits per heavy atom. The second-order valence-corrected chi connectivity index (χ2v) is 10.8. The molecule has 5 nitrogen and oxygen atoms in total. The van der Waals surface area contributed by atoms with Crippen LogP contribution in [0.1, 0.15) is 64.3 Å². The largest absolute Gasteiger partial charge is 0.459 e. The highest BCUT2D eigenvalue weighted by molar-refractivity contribution is 7.99. The van der Waals surface area contributed by atoms with Crippen molar-refractivity contribution >= 4 is 39.3 Å². The molecule has 2 aromatic heterocycles. The highest BCUT2D eigenvalue weighted by Gasteiger charge is 2.23. The highest BCUT2D eigenvalue weighted by Crippen LogP contribution is 2.34. The molecule has 28 heavy (non-hydrogen) atoms. The van der Waals surface area contributed by atoms with E-state index < -0.39 is 5.60 Å². The van der Waals surface area contributed by atoms with Crippen molar-refractivity contribution in [1.29, 1.82) is 0 Å². The summed E-state index contributed by atoms with van der Waals surface area (Å²) >= 11 is 2.96. The van der Waals surface area contributed by atoms with Crippen molar-refractivity contribution in [3.63, 3.8) is 0 Å². The van der Waals surface area contributed by atoms with Crippen LogP contribution in [0.5, 0.6) is 0 Å². The number of aryl methyl sites for hydroxylation is 2. The van der Waals surface area contributed by atoms with Gasteiger partial charge < -0.3 is 4.74 Å². The van der Waals surface area contributed by atoms with Crippen LogP contribution >= 0.6 is 23.1 Å². The predicted molar refractivity (Wildman–Crippen MR) is 117 cm³/mol. The number of thiophene rings is 1. The molecule has 0 spiro atoms. The van der Waals surface area contributed by atoms with Gasteiger partial charge in [0.1, 0.15) is 10.4 Å². The standard InChI is InChI=1S/C21H30N2O3S2/c1-13(2)10-11-23-19(25)17-14-8-6-7-9-15(14)28-18(17)22-20(23)27-12-16(24)26-21(3,4)5/h13H,6-12H2,1-5H3. The van der Waals surface area contributed by atoms with Gasteiger partial charge in [-0.2, -0.15) is 0 Å². The maximum atomic E-state index is 13.4. The van der Waals surface area contributed by atoms with Gasteiger partial charge in [-0.05, 0) is 64.4 Å². The fraction of sp³-hybridized carbons (Fsp3) is 0.667. The van der Waals surface area contributed by atoms with E-state index in [2.05, 4.69) is 13.8 Å². The topological polar surface area (TPSA) is 61.2 Å². The molecule has 0 aliphatic heterocycles. The molecule has 0 saturated heterocycles. The van der Waals surface area contributed by atoms with Crippen molar-refractivity contribution in [2.24, 2.45) is 5.92 Å². The van der Waals surface area contributed by atoms with Gasteiger partial charge in [-0.15, -0.1) is 11.3 Å². The average Bonchev–Trinajstić information content (AvgIpc) is 2.96. The van der Waals surface area contributed by atoms with E-state index in [-0.39, 0.29) is 17.3 Å². The SMILES string of the molecule is CC(C)CCn1c(SCC(=O)OC(C)(C)C)nc2sc3c(c2c1=O)CCCC3. The first-order valence-electron chi connectivity index (χ1n) is 10.1. The number of carbonyl (C=O) groups is 1. The minimum absolute atomic E-state index is 0.0525. The van der Waals surface area contributed by atoms with Crippen molar-refractivity contribution < 1.29 is 9.53 Å². The fourth-order valence-corrected chi connectivity index (χ4v) is 5.51. The second kappa shape index (κ2) is 8.57. The van der Waals surface area contributed by atoms with Gasteiger partial charge >= 0.3 is 5.97 Å². The summed E-state index contributed by atoms with van der Waals surface area (Å²) in [6.07, 6.45) is 5.24. The molecule has 0 unspecified atom stereocenters. The van der Waals surface area contributed by atoms with Crippen LogP contribution in [0.4, 0.5) is 0 Å². The van der Waals surface area contributed by atoms with E-state index in [1.807, 2.05) is 20.8 Å². The minimum Gasteiger partial charge on any atom is -0.459 e. The first kappa shape index (κ1) is 21.4. The monoisotopic (exact) mass is 422 g/mol. The van der Waals surface area contributed by atoms with Crippen LogP contribution in [0.15, 0.2) is 9.95 Å². The van der Waals surface area contributed by atoms with Gasteiger partial charge in [0.15, 0.2) is 5.16 Å². The molecular weight excluding hydrogens is 392 g/mol. The number of thioether (sulfide) groups is 1. The summed E-state index contributed by atoms with van der Waals surface area (Å²) in [5, 5.41) is 1.44. The molecule has 0 fully saturated rings. The Labute approximate surface area is 174 Å². The lowest BCUT2D eigenvalue weighted by Gasteiger charge is -2.19.